The van der Waals surface area contributed by atoms with Crippen LogP contribution < -0.4 is 5.32 Å². The molecule has 0 amide bonds. The highest BCUT2D eigenvalue weighted by atomic mass is 32.2. The Morgan fingerprint density at radius 1 is 1.25 bits per heavy atom. The molecule has 1 N–H and O–H groups in total. The van der Waals surface area contributed by atoms with Gasteiger partial charge in [0.1, 0.15) is 0 Å². The molecule has 4 heteroatoms. The standard InChI is InChI=1S/C16H27NO2S/c1-6-17-15(11-20(18)8-7-19-5)16-13(3)9-12(2)10-14(16)4/h9-10,15,17H,6-8,11H2,1-5H3. The summed E-state index contributed by atoms with van der Waals surface area (Å²) in [4.78, 5) is 0. The first-order valence-electron chi connectivity index (χ1n) is 7.14. The van der Waals surface area contributed by atoms with Gasteiger partial charge >= 0.3 is 0 Å². The molecule has 2 unspecified atom stereocenters. The number of hydrogen-bond donors (Lipinski definition) is 1. The molecule has 1 aromatic carbocycles. The maximum Gasteiger partial charge on any atom is 0.0577 e. The number of rotatable bonds is 8. The third-order valence-corrected chi connectivity index (χ3v) is 4.73. The molecular weight excluding hydrogens is 270 g/mol. The largest absolute Gasteiger partial charge is 0.384 e. The Kier molecular flexibility index (Phi) is 7.41. The Labute approximate surface area is 125 Å². The van der Waals surface area contributed by atoms with Gasteiger partial charge < -0.3 is 10.1 Å². The summed E-state index contributed by atoms with van der Waals surface area (Å²) in [5, 5.41) is 3.47. The van der Waals surface area contributed by atoms with Gasteiger partial charge in [-0.2, -0.15) is 0 Å². The van der Waals surface area contributed by atoms with E-state index in [9.17, 15) is 4.21 Å². The van der Waals surface area contributed by atoms with E-state index in [1.54, 1.807) is 7.11 Å². The monoisotopic (exact) mass is 297 g/mol. The number of methoxy groups -OCH3 is 1. The minimum Gasteiger partial charge on any atom is -0.384 e. The molecule has 0 spiro atoms. The molecule has 1 aromatic rings. The fraction of sp³-hybridized carbons (Fsp3) is 0.625. The summed E-state index contributed by atoms with van der Waals surface area (Å²) < 4.78 is 17.2. The lowest BCUT2D eigenvalue weighted by Crippen LogP contribution is -2.28. The smallest absolute Gasteiger partial charge is 0.0577 e. The van der Waals surface area contributed by atoms with Crippen molar-refractivity contribution in [1.29, 1.82) is 0 Å². The van der Waals surface area contributed by atoms with Gasteiger partial charge in [0.15, 0.2) is 0 Å². The van der Waals surface area contributed by atoms with Crippen molar-refractivity contribution in [2.24, 2.45) is 0 Å². The quantitative estimate of drug-likeness (QED) is 0.801. The zero-order valence-corrected chi connectivity index (χ0v) is 14.1. The van der Waals surface area contributed by atoms with Crippen molar-refractivity contribution in [3.8, 4) is 0 Å². The van der Waals surface area contributed by atoms with Crippen LogP contribution in [0.4, 0.5) is 0 Å². The van der Waals surface area contributed by atoms with Gasteiger partial charge in [-0.15, -0.1) is 0 Å². The highest BCUT2D eigenvalue weighted by molar-refractivity contribution is 7.85. The van der Waals surface area contributed by atoms with Crippen molar-refractivity contribution in [2.75, 3.05) is 31.8 Å². The van der Waals surface area contributed by atoms with Gasteiger partial charge in [-0.3, -0.25) is 4.21 Å². The van der Waals surface area contributed by atoms with Crippen molar-refractivity contribution >= 4 is 10.8 Å². The first kappa shape index (κ1) is 17.3. The highest BCUT2D eigenvalue weighted by Crippen LogP contribution is 2.24. The number of benzene rings is 1. The average Bonchev–Trinajstić information content (AvgIpc) is 2.35. The van der Waals surface area contributed by atoms with E-state index in [0.717, 1.165) is 6.54 Å². The summed E-state index contributed by atoms with van der Waals surface area (Å²) in [5.41, 5.74) is 5.12. The lowest BCUT2D eigenvalue weighted by atomic mass is 9.95. The normalized spacial score (nSPS) is 14.2. The zero-order chi connectivity index (χ0) is 15.1. The Morgan fingerprint density at radius 2 is 1.85 bits per heavy atom. The average molecular weight is 297 g/mol. The molecule has 0 radical (unpaired) electrons. The van der Waals surface area contributed by atoms with E-state index < -0.39 is 10.8 Å². The van der Waals surface area contributed by atoms with Gasteiger partial charge in [0.05, 0.1) is 6.61 Å². The lowest BCUT2D eigenvalue weighted by molar-refractivity contribution is 0.218. The molecule has 0 saturated heterocycles. The van der Waals surface area contributed by atoms with E-state index in [1.165, 1.54) is 22.3 Å². The SMILES string of the molecule is CCNC(CS(=O)CCOC)c1c(C)cc(C)cc1C. The first-order valence-corrected chi connectivity index (χ1v) is 8.63. The van der Waals surface area contributed by atoms with E-state index in [-0.39, 0.29) is 6.04 Å². The van der Waals surface area contributed by atoms with Gasteiger partial charge in [-0.25, -0.2) is 0 Å². The lowest BCUT2D eigenvalue weighted by Gasteiger charge is -2.23. The molecule has 0 bridgehead atoms. The van der Waals surface area contributed by atoms with Crippen LogP contribution in [0, 0.1) is 20.8 Å². The van der Waals surface area contributed by atoms with Crippen molar-refractivity contribution in [2.45, 2.75) is 33.7 Å². The molecule has 20 heavy (non-hydrogen) atoms. The summed E-state index contributed by atoms with van der Waals surface area (Å²) in [6.45, 7) is 9.90. The minimum atomic E-state index is -0.861. The third-order valence-electron chi connectivity index (χ3n) is 3.40. The summed E-state index contributed by atoms with van der Waals surface area (Å²) >= 11 is 0. The zero-order valence-electron chi connectivity index (χ0n) is 13.3. The van der Waals surface area contributed by atoms with Crippen molar-refractivity contribution in [3.05, 3.63) is 34.4 Å². The Bertz CT molecular complexity index is 437. The topological polar surface area (TPSA) is 38.3 Å². The van der Waals surface area contributed by atoms with Crippen molar-refractivity contribution < 1.29 is 8.95 Å². The van der Waals surface area contributed by atoms with Crippen LogP contribution >= 0.6 is 0 Å². The Hall–Kier alpha value is -0.710. The Balaban J connectivity index is 2.93. The van der Waals surface area contributed by atoms with Gasteiger partial charge in [0.25, 0.3) is 0 Å². The summed E-state index contributed by atoms with van der Waals surface area (Å²) in [6.07, 6.45) is 0. The predicted octanol–water partition coefficient (Wildman–Crippen LogP) is 2.66. The van der Waals surface area contributed by atoms with E-state index in [4.69, 9.17) is 4.74 Å². The Morgan fingerprint density at radius 3 is 2.35 bits per heavy atom. The second kappa shape index (κ2) is 8.55. The fourth-order valence-electron chi connectivity index (χ4n) is 2.68. The molecule has 0 aliphatic carbocycles. The number of aryl methyl sites for hydroxylation is 3. The van der Waals surface area contributed by atoms with Crippen LogP contribution in [0.3, 0.4) is 0 Å². The van der Waals surface area contributed by atoms with Crippen LogP contribution in [-0.4, -0.2) is 36.0 Å². The minimum absolute atomic E-state index is 0.151. The van der Waals surface area contributed by atoms with Crippen LogP contribution in [0.5, 0.6) is 0 Å². The third kappa shape index (κ3) is 5.00. The molecule has 0 fully saturated rings. The highest BCUT2D eigenvalue weighted by Gasteiger charge is 2.18. The van der Waals surface area contributed by atoms with Gasteiger partial charge in [-0.1, -0.05) is 24.6 Å². The maximum atomic E-state index is 12.1. The van der Waals surface area contributed by atoms with Gasteiger partial charge in [-0.05, 0) is 44.0 Å². The van der Waals surface area contributed by atoms with Gasteiger partial charge in [0, 0.05) is 35.5 Å². The van der Waals surface area contributed by atoms with Crippen LogP contribution in [0.15, 0.2) is 12.1 Å². The predicted molar refractivity (Wildman–Crippen MR) is 86.8 cm³/mol. The second-order valence-corrected chi connectivity index (χ2v) is 6.85. The van der Waals surface area contributed by atoms with Gasteiger partial charge in [0.2, 0.25) is 0 Å². The van der Waals surface area contributed by atoms with Crippen LogP contribution in [0.25, 0.3) is 0 Å². The summed E-state index contributed by atoms with van der Waals surface area (Å²) in [6, 6.07) is 4.55. The molecule has 0 aromatic heterocycles. The van der Waals surface area contributed by atoms with Crippen molar-refractivity contribution in [1.82, 2.24) is 5.32 Å². The molecule has 114 valence electrons. The molecule has 1 rings (SSSR count). The molecule has 0 heterocycles. The molecule has 0 aliphatic rings. The van der Waals surface area contributed by atoms with Crippen LogP contribution in [-0.2, 0) is 15.5 Å². The molecule has 0 aliphatic heterocycles. The van der Waals surface area contributed by atoms with Crippen molar-refractivity contribution in [3.63, 3.8) is 0 Å². The molecule has 3 nitrogen and oxygen atoms in total. The van der Waals surface area contributed by atoms with Crippen LogP contribution in [0.2, 0.25) is 0 Å². The number of nitrogens with one attached hydrogen (secondary N) is 1. The maximum absolute atomic E-state index is 12.1. The molecule has 0 saturated carbocycles. The first-order chi connectivity index (χ1) is 9.49. The van der Waals surface area contributed by atoms with E-state index in [0.29, 0.717) is 18.1 Å². The fourth-order valence-corrected chi connectivity index (χ4v) is 3.85. The number of hydrogen-bond acceptors (Lipinski definition) is 3. The van der Waals surface area contributed by atoms with E-state index in [1.807, 2.05) is 0 Å². The van der Waals surface area contributed by atoms with E-state index >= 15 is 0 Å². The number of ether oxygens (including phenoxy) is 1. The molecular formula is C16H27NO2S. The van der Waals surface area contributed by atoms with Crippen LogP contribution in [0.1, 0.15) is 35.2 Å². The summed E-state index contributed by atoms with van der Waals surface area (Å²) in [5.74, 6) is 1.24. The second-order valence-electron chi connectivity index (χ2n) is 5.23. The molecule has 2 atom stereocenters. The van der Waals surface area contributed by atoms with E-state index in [2.05, 4.69) is 45.1 Å². The summed E-state index contributed by atoms with van der Waals surface area (Å²) in [7, 11) is 0.785.